The first-order valence-electron chi connectivity index (χ1n) is 7.06. The van der Waals surface area contributed by atoms with Crippen molar-refractivity contribution >= 4 is 23.4 Å². The number of halogens is 2. The third-order valence-electron chi connectivity index (χ3n) is 3.95. The van der Waals surface area contributed by atoms with Crippen LogP contribution in [-0.2, 0) is 16.1 Å². The predicted molar refractivity (Wildman–Crippen MR) is 76.1 cm³/mol. The summed E-state index contributed by atoms with van der Waals surface area (Å²) in [7, 11) is 0. The van der Waals surface area contributed by atoms with E-state index in [0.29, 0.717) is 18.7 Å². The van der Waals surface area contributed by atoms with E-state index in [-0.39, 0.29) is 29.2 Å². The maximum Gasteiger partial charge on any atom is 0.245 e. The summed E-state index contributed by atoms with van der Waals surface area (Å²) >= 11 is 5.66. The molecule has 4 nitrogen and oxygen atoms in total. The molecule has 0 aromatic heterocycles. The van der Waals surface area contributed by atoms with Crippen LogP contribution in [0.5, 0.6) is 0 Å². The van der Waals surface area contributed by atoms with Crippen molar-refractivity contribution in [2.24, 2.45) is 5.92 Å². The average molecular weight is 311 g/mol. The fourth-order valence-corrected chi connectivity index (χ4v) is 2.73. The number of nitrogens with one attached hydrogen (secondary N) is 1. The van der Waals surface area contributed by atoms with Crippen LogP contribution in [0, 0.1) is 11.7 Å². The third-order valence-corrected chi connectivity index (χ3v) is 4.26. The Balaban J connectivity index is 1.77. The van der Waals surface area contributed by atoms with Crippen LogP contribution < -0.4 is 5.32 Å². The zero-order valence-corrected chi connectivity index (χ0v) is 12.2. The van der Waals surface area contributed by atoms with Gasteiger partial charge in [-0.2, -0.15) is 0 Å². The highest BCUT2D eigenvalue weighted by Crippen LogP contribution is 2.34. The van der Waals surface area contributed by atoms with E-state index < -0.39 is 11.9 Å². The van der Waals surface area contributed by atoms with E-state index in [2.05, 4.69) is 5.32 Å². The molecule has 2 amide bonds. The van der Waals surface area contributed by atoms with Crippen molar-refractivity contribution in [2.45, 2.75) is 31.8 Å². The number of hydrogen-bond acceptors (Lipinski definition) is 2. The van der Waals surface area contributed by atoms with Crippen LogP contribution in [-0.4, -0.2) is 29.3 Å². The Bertz CT molecular complexity index is 589. The van der Waals surface area contributed by atoms with Crippen molar-refractivity contribution in [1.29, 1.82) is 0 Å². The lowest BCUT2D eigenvalue weighted by molar-refractivity contribution is -0.134. The molecule has 1 aliphatic carbocycles. The number of rotatable bonds is 3. The van der Waals surface area contributed by atoms with Gasteiger partial charge in [-0.15, -0.1) is 0 Å². The Morgan fingerprint density at radius 2 is 2.10 bits per heavy atom. The molecular weight excluding hydrogens is 295 g/mol. The summed E-state index contributed by atoms with van der Waals surface area (Å²) in [6.07, 6.45) is 2.23. The quantitative estimate of drug-likeness (QED) is 0.929. The van der Waals surface area contributed by atoms with E-state index in [1.165, 1.54) is 12.1 Å². The molecular formula is C15H16ClFN2O2. The van der Waals surface area contributed by atoms with Gasteiger partial charge < -0.3 is 10.2 Å². The van der Waals surface area contributed by atoms with Crippen LogP contribution in [0.3, 0.4) is 0 Å². The molecule has 1 aliphatic heterocycles. The molecule has 0 spiro atoms. The highest BCUT2D eigenvalue weighted by atomic mass is 35.5. The third kappa shape index (κ3) is 3.18. The van der Waals surface area contributed by atoms with Crippen molar-refractivity contribution in [3.63, 3.8) is 0 Å². The molecule has 1 aromatic rings. The molecule has 1 aromatic carbocycles. The van der Waals surface area contributed by atoms with Crippen LogP contribution in [0.15, 0.2) is 18.2 Å². The van der Waals surface area contributed by atoms with E-state index >= 15 is 0 Å². The number of nitrogens with zero attached hydrogens (tertiary/aromatic N) is 1. The molecule has 1 unspecified atom stereocenters. The monoisotopic (exact) mass is 310 g/mol. The van der Waals surface area contributed by atoms with Crippen molar-refractivity contribution < 1.29 is 14.0 Å². The van der Waals surface area contributed by atoms with Gasteiger partial charge in [0.05, 0.1) is 5.02 Å². The van der Waals surface area contributed by atoms with Crippen molar-refractivity contribution in [3.05, 3.63) is 34.6 Å². The fraction of sp³-hybridized carbons (Fsp3) is 0.467. The topological polar surface area (TPSA) is 49.4 Å². The number of carbonyl (C=O) groups is 2. The van der Waals surface area contributed by atoms with E-state index in [9.17, 15) is 14.0 Å². The van der Waals surface area contributed by atoms with Gasteiger partial charge in [-0.1, -0.05) is 17.7 Å². The summed E-state index contributed by atoms with van der Waals surface area (Å²) in [5.74, 6) is -0.405. The molecule has 2 aliphatic rings. The standard InChI is InChI=1S/C15H16ClFN2O2/c16-11-4-1-9(7-12(11)17)8-19-6-5-13(20)18-14(15(19)21)10-2-3-10/h1,4,7,10,14H,2-3,5-6,8H2,(H,18,20). The van der Waals surface area contributed by atoms with Crippen LogP contribution >= 0.6 is 11.6 Å². The molecule has 1 saturated heterocycles. The van der Waals surface area contributed by atoms with Crippen molar-refractivity contribution in [1.82, 2.24) is 10.2 Å². The Labute approximate surface area is 127 Å². The Hall–Kier alpha value is -1.62. The molecule has 6 heteroatoms. The first-order valence-corrected chi connectivity index (χ1v) is 7.44. The second-order valence-corrected chi connectivity index (χ2v) is 6.05. The number of amides is 2. The van der Waals surface area contributed by atoms with Gasteiger partial charge in [-0.3, -0.25) is 9.59 Å². The van der Waals surface area contributed by atoms with Crippen LogP contribution in [0.1, 0.15) is 24.8 Å². The van der Waals surface area contributed by atoms with Crippen molar-refractivity contribution in [3.8, 4) is 0 Å². The molecule has 112 valence electrons. The lowest BCUT2D eigenvalue weighted by Gasteiger charge is -2.24. The molecule has 2 fully saturated rings. The molecule has 1 heterocycles. The summed E-state index contributed by atoms with van der Waals surface area (Å²) in [6, 6.07) is 4.10. The summed E-state index contributed by atoms with van der Waals surface area (Å²) in [6.45, 7) is 0.656. The Kier molecular flexibility index (Phi) is 3.85. The Morgan fingerprint density at radius 3 is 2.76 bits per heavy atom. The fourth-order valence-electron chi connectivity index (χ4n) is 2.62. The predicted octanol–water partition coefficient (Wildman–Crippen LogP) is 2.11. The van der Waals surface area contributed by atoms with Crippen LogP contribution in [0.25, 0.3) is 0 Å². The molecule has 3 rings (SSSR count). The number of benzene rings is 1. The highest BCUT2D eigenvalue weighted by Gasteiger charge is 2.40. The average Bonchev–Trinajstić information content (AvgIpc) is 3.28. The zero-order valence-electron chi connectivity index (χ0n) is 11.4. The van der Waals surface area contributed by atoms with E-state index in [1.54, 1.807) is 11.0 Å². The summed E-state index contributed by atoms with van der Waals surface area (Å²) in [5.41, 5.74) is 0.675. The maximum atomic E-state index is 13.5. The molecule has 1 N–H and O–H groups in total. The van der Waals surface area contributed by atoms with Crippen LogP contribution in [0.4, 0.5) is 4.39 Å². The molecule has 1 atom stereocenters. The molecule has 0 bridgehead atoms. The minimum Gasteiger partial charge on any atom is -0.344 e. The lowest BCUT2D eigenvalue weighted by Crippen LogP contribution is -2.45. The maximum absolute atomic E-state index is 13.5. The minimum absolute atomic E-state index is 0.0636. The van der Waals surface area contributed by atoms with E-state index in [1.807, 2.05) is 0 Å². The number of carbonyl (C=O) groups excluding carboxylic acids is 2. The molecule has 21 heavy (non-hydrogen) atoms. The Morgan fingerprint density at radius 1 is 1.33 bits per heavy atom. The second-order valence-electron chi connectivity index (χ2n) is 5.64. The van der Waals surface area contributed by atoms with E-state index in [4.69, 9.17) is 11.6 Å². The lowest BCUT2D eigenvalue weighted by atomic mass is 10.1. The summed E-state index contributed by atoms with van der Waals surface area (Å²) in [5, 5.41) is 2.87. The van der Waals surface area contributed by atoms with Crippen LogP contribution in [0.2, 0.25) is 5.02 Å². The van der Waals surface area contributed by atoms with Gasteiger partial charge in [0.15, 0.2) is 0 Å². The van der Waals surface area contributed by atoms with Gasteiger partial charge in [0.25, 0.3) is 0 Å². The van der Waals surface area contributed by atoms with Gasteiger partial charge >= 0.3 is 0 Å². The number of hydrogen-bond donors (Lipinski definition) is 1. The highest BCUT2D eigenvalue weighted by molar-refractivity contribution is 6.30. The van der Waals surface area contributed by atoms with Gasteiger partial charge in [0, 0.05) is 19.5 Å². The first-order chi connectivity index (χ1) is 10.0. The van der Waals surface area contributed by atoms with Gasteiger partial charge in [-0.05, 0) is 36.5 Å². The zero-order chi connectivity index (χ0) is 15.0. The van der Waals surface area contributed by atoms with Gasteiger partial charge in [-0.25, -0.2) is 4.39 Å². The van der Waals surface area contributed by atoms with Crippen molar-refractivity contribution in [2.75, 3.05) is 6.54 Å². The smallest absolute Gasteiger partial charge is 0.245 e. The summed E-state index contributed by atoms with van der Waals surface area (Å²) < 4.78 is 13.5. The van der Waals surface area contributed by atoms with E-state index in [0.717, 1.165) is 12.8 Å². The SMILES string of the molecule is O=C1CCN(Cc2ccc(Cl)c(F)c2)C(=O)C(C2CC2)N1. The normalized spacial score (nSPS) is 23.0. The first kappa shape index (κ1) is 14.3. The summed E-state index contributed by atoms with van der Waals surface area (Å²) in [4.78, 5) is 25.8. The van der Waals surface area contributed by atoms with Gasteiger partial charge in [0.2, 0.25) is 11.8 Å². The largest absolute Gasteiger partial charge is 0.344 e. The second kappa shape index (κ2) is 5.64. The molecule has 1 saturated carbocycles. The minimum atomic E-state index is -0.496. The molecule has 0 radical (unpaired) electrons. The van der Waals surface area contributed by atoms with Gasteiger partial charge in [0.1, 0.15) is 11.9 Å².